The average molecular weight is 729 g/mol. The van der Waals surface area contributed by atoms with E-state index in [1.54, 1.807) is 29.1 Å². The maximum absolute atomic E-state index is 12.8. The topological polar surface area (TPSA) is 131 Å². The molecule has 0 spiro atoms. The van der Waals surface area contributed by atoms with Crippen LogP contribution in [0.4, 0.5) is 11.6 Å². The van der Waals surface area contributed by atoms with Crippen LogP contribution < -0.4 is 24.6 Å². The number of carbonyl (C=O) groups excluding carboxylic acids is 4. The number of rotatable bonds is 10. The van der Waals surface area contributed by atoms with Crippen LogP contribution in [0.2, 0.25) is 10.0 Å². The van der Waals surface area contributed by atoms with E-state index in [2.05, 4.69) is 15.3 Å². The summed E-state index contributed by atoms with van der Waals surface area (Å²) in [5.74, 6) is 1.56. The Bertz CT molecular complexity index is 2070. The highest BCUT2D eigenvalue weighted by Crippen LogP contribution is 2.44. The number of ketones is 1. The molecule has 51 heavy (non-hydrogen) atoms. The molecule has 1 saturated heterocycles. The van der Waals surface area contributed by atoms with Crippen molar-refractivity contribution in [1.82, 2.24) is 15.3 Å². The van der Waals surface area contributed by atoms with Crippen molar-refractivity contribution in [1.29, 1.82) is 0 Å². The van der Waals surface area contributed by atoms with Crippen molar-refractivity contribution in [3.63, 3.8) is 0 Å². The summed E-state index contributed by atoms with van der Waals surface area (Å²) in [4.78, 5) is 61.2. The number of carbonyl (C=O) groups is 4. The third kappa shape index (κ3) is 7.00. The second-order valence-electron chi connectivity index (χ2n) is 13.2. The van der Waals surface area contributed by atoms with Crippen LogP contribution >= 0.6 is 23.2 Å². The van der Waals surface area contributed by atoms with Gasteiger partial charge in [0.25, 0.3) is 11.8 Å². The Morgan fingerprint density at radius 3 is 1.92 bits per heavy atom. The molecule has 11 nitrogen and oxygen atoms in total. The van der Waals surface area contributed by atoms with Gasteiger partial charge in [0.05, 0.1) is 10.0 Å². The van der Waals surface area contributed by atoms with E-state index in [1.165, 1.54) is 0 Å². The molecular formula is C38H35Cl2N5O6. The van der Waals surface area contributed by atoms with Crippen molar-refractivity contribution in [2.24, 2.45) is 5.92 Å². The van der Waals surface area contributed by atoms with Gasteiger partial charge in [-0.2, -0.15) is 0 Å². The van der Waals surface area contributed by atoms with Crippen LogP contribution in [-0.4, -0.2) is 65.8 Å². The SMILES string of the molecule is CC(=O)CC[C@H](C)CN1C(=O)COc2cc(-c3cccc(-c4cccc(-c5cnc6c(c5)OCC(=O)N6C[C@@H]5CCC(=O)N5)c4Cl)c3Cl)cnc21. The van der Waals surface area contributed by atoms with E-state index in [4.69, 9.17) is 32.7 Å². The molecule has 0 saturated carbocycles. The van der Waals surface area contributed by atoms with Crippen molar-refractivity contribution >= 4 is 58.3 Å². The molecule has 3 aliphatic heterocycles. The number of hydrogen-bond acceptors (Lipinski definition) is 8. The van der Waals surface area contributed by atoms with E-state index in [0.717, 1.165) is 0 Å². The number of anilines is 2. The van der Waals surface area contributed by atoms with Gasteiger partial charge in [-0.25, -0.2) is 9.97 Å². The summed E-state index contributed by atoms with van der Waals surface area (Å²) in [5, 5.41) is 3.82. The molecule has 3 aliphatic rings. The van der Waals surface area contributed by atoms with Gasteiger partial charge >= 0.3 is 0 Å². The number of nitrogens with one attached hydrogen (secondary N) is 1. The van der Waals surface area contributed by atoms with Crippen LogP contribution in [0.3, 0.4) is 0 Å². The Balaban J connectivity index is 1.16. The molecule has 5 heterocycles. The predicted octanol–water partition coefficient (Wildman–Crippen LogP) is 6.52. The van der Waals surface area contributed by atoms with Gasteiger partial charge in [0.2, 0.25) is 5.91 Å². The summed E-state index contributed by atoms with van der Waals surface area (Å²) in [7, 11) is 0. The first-order chi connectivity index (χ1) is 24.6. The Kier molecular flexibility index (Phi) is 9.67. The lowest BCUT2D eigenvalue weighted by Gasteiger charge is -2.30. The van der Waals surface area contributed by atoms with Gasteiger partial charge < -0.3 is 19.6 Å². The summed E-state index contributed by atoms with van der Waals surface area (Å²) in [6, 6.07) is 14.8. The van der Waals surface area contributed by atoms with Crippen molar-refractivity contribution in [3.8, 4) is 44.9 Å². The smallest absolute Gasteiger partial charge is 0.266 e. The van der Waals surface area contributed by atoms with Gasteiger partial charge in [-0.15, -0.1) is 0 Å². The maximum Gasteiger partial charge on any atom is 0.266 e. The summed E-state index contributed by atoms with van der Waals surface area (Å²) in [6.45, 7) is 4.09. The molecule has 2 aromatic heterocycles. The zero-order valence-electron chi connectivity index (χ0n) is 28.1. The maximum atomic E-state index is 12.8. The minimum absolute atomic E-state index is 0.0221. The number of halogens is 2. The molecular weight excluding hydrogens is 693 g/mol. The number of hydrogen-bond donors (Lipinski definition) is 1. The molecule has 13 heteroatoms. The first-order valence-electron chi connectivity index (χ1n) is 16.8. The highest BCUT2D eigenvalue weighted by atomic mass is 35.5. The van der Waals surface area contributed by atoms with E-state index >= 15 is 0 Å². The van der Waals surface area contributed by atoms with Gasteiger partial charge in [0.1, 0.15) is 5.78 Å². The lowest BCUT2D eigenvalue weighted by molar-refractivity contribution is -0.122. The van der Waals surface area contributed by atoms with E-state index in [0.29, 0.717) is 105 Å². The normalized spacial score (nSPS) is 17.3. The van der Waals surface area contributed by atoms with Gasteiger partial charge in [0.15, 0.2) is 36.3 Å². The van der Waals surface area contributed by atoms with Crippen molar-refractivity contribution in [3.05, 3.63) is 71.0 Å². The van der Waals surface area contributed by atoms with Crippen molar-refractivity contribution in [2.75, 3.05) is 36.1 Å². The summed E-state index contributed by atoms with van der Waals surface area (Å²) in [5.41, 5.74) is 4.22. The zero-order chi connectivity index (χ0) is 35.8. The van der Waals surface area contributed by atoms with Gasteiger partial charge in [-0.05, 0) is 37.8 Å². The van der Waals surface area contributed by atoms with Crippen LogP contribution in [-0.2, 0) is 19.2 Å². The molecule has 1 N–H and O–H groups in total. The number of aromatic nitrogens is 2. The van der Waals surface area contributed by atoms with Crippen LogP contribution in [0.25, 0.3) is 33.4 Å². The number of benzene rings is 2. The van der Waals surface area contributed by atoms with Crippen molar-refractivity contribution < 1.29 is 28.7 Å². The van der Waals surface area contributed by atoms with Crippen LogP contribution in [0.15, 0.2) is 60.9 Å². The third-order valence-electron chi connectivity index (χ3n) is 9.36. The fourth-order valence-electron chi connectivity index (χ4n) is 6.65. The highest BCUT2D eigenvalue weighted by Gasteiger charge is 2.33. The van der Waals surface area contributed by atoms with Crippen LogP contribution in [0.1, 0.15) is 39.5 Å². The number of amides is 3. The first-order valence-corrected chi connectivity index (χ1v) is 17.6. The largest absolute Gasteiger partial charge is 0.480 e. The number of pyridine rings is 2. The molecule has 262 valence electrons. The Hall–Kier alpha value is -5.00. The summed E-state index contributed by atoms with van der Waals surface area (Å²) >= 11 is 14.2. The quantitative estimate of drug-likeness (QED) is 0.195. The standard InChI is InChI=1S/C38H35Cl2N5O6/c1-21(9-10-22(2)46)17-44-33(48)19-50-30-13-23(15-41-37(30)44)26-5-3-7-28(35(26)39)29-8-4-6-27(36(29)40)24-14-31-38(42-16-24)45(34(49)20-51-31)18-25-11-12-32(47)43-25/h3-8,13-16,21,25H,9-12,17-20H2,1-2H3,(H,43,47)/t21-,25-/m0/s1. The minimum Gasteiger partial charge on any atom is -0.480 e. The highest BCUT2D eigenvalue weighted by molar-refractivity contribution is 6.39. The molecule has 2 atom stereocenters. The first kappa shape index (κ1) is 34.4. The Labute approximate surface area is 304 Å². The molecule has 7 rings (SSSR count). The van der Waals surface area contributed by atoms with Crippen LogP contribution in [0.5, 0.6) is 11.5 Å². The Morgan fingerprint density at radius 2 is 1.39 bits per heavy atom. The average Bonchev–Trinajstić information content (AvgIpc) is 3.54. The third-order valence-corrected chi connectivity index (χ3v) is 10.2. The van der Waals surface area contributed by atoms with E-state index in [-0.39, 0.29) is 48.7 Å². The van der Waals surface area contributed by atoms with Gasteiger partial charge in [0, 0.05) is 77.7 Å². The monoisotopic (exact) mass is 727 g/mol. The predicted molar refractivity (Wildman–Crippen MR) is 194 cm³/mol. The van der Waals surface area contributed by atoms with Gasteiger partial charge in [-0.1, -0.05) is 66.5 Å². The zero-order valence-corrected chi connectivity index (χ0v) is 29.6. The molecule has 0 aliphatic carbocycles. The molecule has 3 amide bonds. The lowest BCUT2D eigenvalue weighted by atomic mass is 9.96. The summed E-state index contributed by atoms with van der Waals surface area (Å²) in [6.07, 6.45) is 5.56. The van der Waals surface area contributed by atoms with Crippen molar-refractivity contribution in [2.45, 2.75) is 45.6 Å². The fourth-order valence-corrected chi connectivity index (χ4v) is 7.32. The van der Waals surface area contributed by atoms with E-state index < -0.39 is 0 Å². The second kappa shape index (κ2) is 14.3. The number of Topliss-reactive ketones (excluding diaryl/α,β-unsaturated/α-hetero) is 1. The van der Waals surface area contributed by atoms with Gasteiger partial charge in [-0.3, -0.25) is 24.2 Å². The fraction of sp³-hybridized carbons (Fsp3) is 0.316. The summed E-state index contributed by atoms with van der Waals surface area (Å²) < 4.78 is 11.6. The Morgan fingerprint density at radius 1 is 0.863 bits per heavy atom. The van der Waals surface area contributed by atoms with Crippen LogP contribution in [0, 0.1) is 5.92 Å². The molecule has 0 radical (unpaired) electrons. The lowest BCUT2D eigenvalue weighted by Crippen LogP contribution is -2.46. The van der Waals surface area contributed by atoms with E-state index in [9.17, 15) is 19.2 Å². The molecule has 0 bridgehead atoms. The second-order valence-corrected chi connectivity index (χ2v) is 13.9. The molecule has 4 aromatic rings. The molecule has 0 unspecified atom stereocenters. The molecule has 1 fully saturated rings. The van der Waals surface area contributed by atoms with E-state index in [1.807, 2.05) is 55.5 Å². The molecule has 2 aromatic carbocycles. The number of nitrogens with zero attached hydrogens (tertiary/aromatic N) is 4. The minimum atomic E-state index is -0.222. The number of ether oxygens (including phenoxy) is 2. The number of fused-ring (bicyclic) bond motifs is 2.